The number of nitrogens with zero attached hydrogens (tertiary/aromatic N) is 4. The Balaban J connectivity index is 1.81. The molecule has 0 saturated heterocycles. The lowest BCUT2D eigenvalue weighted by molar-refractivity contribution is -0.0886. The zero-order chi connectivity index (χ0) is 21.9. The summed E-state index contributed by atoms with van der Waals surface area (Å²) in [5.74, 6) is 0. The fourth-order valence-electron chi connectivity index (χ4n) is 3.07. The largest absolute Gasteiger partial charge is 0.467 e. The molecule has 1 aromatic carbocycles. The molecule has 0 radical (unpaired) electrons. The second kappa shape index (κ2) is 8.60. The van der Waals surface area contributed by atoms with Gasteiger partial charge in [0, 0.05) is 12.6 Å². The third kappa shape index (κ3) is 4.47. The molecule has 0 fully saturated rings. The highest BCUT2D eigenvalue weighted by Crippen LogP contribution is 2.32. The SMILES string of the molecule is COc1nn(C)c(=O)n1-c1ccccc1CO/N=C(/C)C1=CC(C(F)(F)F)=CCC1. The lowest BCUT2D eigenvalue weighted by atomic mass is 9.96. The molecule has 7 nitrogen and oxygen atoms in total. The van der Waals surface area contributed by atoms with E-state index in [4.69, 9.17) is 9.57 Å². The fraction of sp³-hybridized carbons (Fsp3) is 0.350. The lowest BCUT2D eigenvalue weighted by Gasteiger charge is -2.16. The minimum absolute atomic E-state index is 0.00719. The van der Waals surface area contributed by atoms with Crippen molar-refractivity contribution in [1.29, 1.82) is 0 Å². The molecular weight excluding hydrogens is 401 g/mol. The van der Waals surface area contributed by atoms with Crippen LogP contribution in [0.5, 0.6) is 6.01 Å². The molecule has 0 spiro atoms. The number of para-hydroxylation sites is 1. The maximum Gasteiger partial charge on any atom is 0.416 e. The third-order valence-electron chi connectivity index (χ3n) is 4.63. The molecule has 3 rings (SSSR count). The van der Waals surface area contributed by atoms with Gasteiger partial charge in [-0.2, -0.15) is 13.2 Å². The molecule has 30 heavy (non-hydrogen) atoms. The van der Waals surface area contributed by atoms with Crippen LogP contribution < -0.4 is 10.4 Å². The Morgan fingerprint density at radius 2 is 2.03 bits per heavy atom. The number of aromatic nitrogens is 3. The minimum atomic E-state index is -4.39. The molecule has 0 unspecified atom stereocenters. The summed E-state index contributed by atoms with van der Waals surface area (Å²) >= 11 is 0. The van der Waals surface area contributed by atoms with Gasteiger partial charge in [0.1, 0.15) is 6.61 Å². The first-order valence-corrected chi connectivity index (χ1v) is 9.15. The van der Waals surface area contributed by atoms with Gasteiger partial charge in [0.2, 0.25) is 0 Å². The molecule has 0 N–H and O–H groups in total. The predicted molar refractivity (Wildman–Crippen MR) is 105 cm³/mol. The van der Waals surface area contributed by atoms with E-state index >= 15 is 0 Å². The van der Waals surface area contributed by atoms with E-state index in [0.717, 1.165) is 10.8 Å². The monoisotopic (exact) mass is 422 g/mol. The number of alkyl halides is 3. The van der Waals surface area contributed by atoms with Crippen LogP contribution in [-0.4, -0.2) is 33.3 Å². The number of halogens is 3. The van der Waals surface area contributed by atoms with Gasteiger partial charge in [-0.3, -0.25) is 0 Å². The molecule has 1 heterocycles. The lowest BCUT2D eigenvalue weighted by Crippen LogP contribution is -2.22. The van der Waals surface area contributed by atoms with Crippen LogP contribution in [0.25, 0.3) is 5.69 Å². The zero-order valence-corrected chi connectivity index (χ0v) is 16.7. The summed E-state index contributed by atoms with van der Waals surface area (Å²) in [5.41, 5.74) is 0.932. The van der Waals surface area contributed by atoms with Gasteiger partial charge >= 0.3 is 17.9 Å². The maximum atomic E-state index is 12.9. The van der Waals surface area contributed by atoms with Crippen molar-refractivity contribution in [1.82, 2.24) is 14.3 Å². The van der Waals surface area contributed by atoms with Crippen LogP contribution in [0, 0.1) is 0 Å². The van der Waals surface area contributed by atoms with Gasteiger partial charge in [-0.15, -0.1) is 5.10 Å². The summed E-state index contributed by atoms with van der Waals surface area (Å²) < 4.78 is 46.4. The van der Waals surface area contributed by atoms with Crippen LogP contribution in [0.15, 0.2) is 57.5 Å². The van der Waals surface area contributed by atoms with Gasteiger partial charge in [0.15, 0.2) is 0 Å². The van der Waals surface area contributed by atoms with Crippen molar-refractivity contribution in [3.8, 4) is 11.7 Å². The molecule has 2 aromatic rings. The van der Waals surface area contributed by atoms with Crippen molar-refractivity contribution >= 4 is 5.71 Å². The quantitative estimate of drug-likeness (QED) is 0.526. The number of oxime groups is 1. The van der Waals surface area contributed by atoms with Gasteiger partial charge in [0.05, 0.1) is 24.1 Å². The van der Waals surface area contributed by atoms with Crippen LogP contribution in [-0.2, 0) is 18.5 Å². The molecule has 0 atom stereocenters. The molecule has 1 aliphatic rings. The van der Waals surface area contributed by atoms with Crippen LogP contribution in [0.1, 0.15) is 25.3 Å². The van der Waals surface area contributed by atoms with Crippen LogP contribution in [0.2, 0.25) is 0 Å². The highest BCUT2D eigenvalue weighted by molar-refractivity contribution is 5.98. The summed E-state index contributed by atoms with van der Waals surface area (Å²) in [6, 6.07) is 7.11. The summed E-state index contributed by atoms with van der Waals surface area (Å²) in [6.45, 7) is 1.61. The number of hydrogen-bond acceptors (Lipinski definition) is 5. The number of methoxy groups -OCH3 is 1. The summed E-state index contributed by atoms with van der Waals surface area (Å²) in [5, 5.41) is 7.99. The second-order valence-corrected chi connectivity index (χ2v) is 6.67. The van der Waals surface area contributed by atoms with Gasteiger partial charge in [-0.1, -0.05) is 29.4 Å². The average Bonchev–Trinajstić information content (AvgIpc) is 3.01. The number of ether oxygens (including phenoxy) is 1. The molecule has 1 aliphatic carbocycles. The first kappa shape index (κ1) is 21.4. The Labute approximate surface area is 170 Å². The molecule has 0 amide bonds. The highest BCUT2D eigenvalue weighted by atomic mass is 19.4. The first-order chi connectivity index (χ1) is 14.2. The van der Waals surface area contributed by atoms with Crippen LogP contribution >= 0.6 is 0 Å². The van der Waals surface area contributed by atoms with Gasteiger partial charge < -0.3 is 9.57 Å². The molecule has 0 saturated carbocycles. The number of rotatable bonds is 6. The van der Waals surface area contributed by atoms with Crippen molar-refractivity contribution in [2.75, 3.05) is 7.11 Å². The second-order valence-electron chi connectivity index (χ2n) is 6.67. The van der Waals surface area contributed by atoms with E-state index in [2.05, 4.69) is 10.3 Å². The predicted octanol–water partition coefficient (Wildman–Crippen LogP) is 3.68. The molecule has 160 valence electrons. The number of aryl methyl sites for hydroxylation is 1. The van der Waals surface area contributed by atoms with E-state index in [9.17, 15) is 18.0 Å². The van der Waals surface area contributed by atoms with Crippen molar-refractivity contribution in [3.63, 3.8) is 0 Å². The van der Waals surface area contributed by atoms with Crippen molar-refractivity contribution < 1.29 is 22.7 Å². The maximum absolute atomic E-state index is 12.9. The highest BCUT2D eigenvalue weighted by Gasteiger charge is 2.33. The van der Waals surface area contributed by atoms with Crippen LogP contribution in [0.4, 0.5) is 13.2 Å². The number of benzene rings is 1. The van der Waals surface area contributed by atoms with E-state index < -0.39 is 17.4 Å². The summed E-state index contributed by atoms with van der Waals surface area (Å²) in [4.78, 5) is 17.8. The van der Waals surface area contributed by atoms with E-state index in [0.29, 0.717) is 35.4 Å². The van der Waals surface area contributed by atoms with E-state index in [1.165, 1.54) is 24.8 Å². The molecule has 10 heteroatoms. The topological polar surface area (TPSA) is 70.6 Å². The number of hydrogen-bond donors (Lipinski definition) is 0. The van der Waals surface area contributed by atoms with Gasteiger partial charge in [-0.05, 0) is 37.5 Å². The average molecular weight is 422 g/mol. The first-order valence-electron chi connectivity index (χ1n) is 9.15. The third-order valence-corrected chi connectivity index (χ3v) is 4.63. The Morgan fingerprint density at radius 1 is 1.30 bits per heavy atom. The van der Waals surface area contributed by atoms with Crippen LogP contribution in [0.3, 0.4) is 0 Å². The zero-order valence-electron chi connectivity index (χ0n) is 16.7. The minimum Gasteiger partial charge on any atom is -0.467 e. The van der Waals surface area contributed by atoms with Gasteiger partial charge in [0.25, 0.3) is 0 Å². The van der Waals surface area contributed by atoms with Gasteiger partial charge in [-0.25, -0.2) is 14.0 Å². The summed E-state index contributed by atoms with van der Waals surface area (Å²) in [7, 11) is 2.92. The normalized spacial score (nSPS) is 14.9. The Hall–Kier alpha value is -3.30. The van der Waals surface area contributed by atoms with E-state index in [1.54, 1.807) is 31.2 Å². The van der Waals surface area contributed by atoms with E-state index in [1.807, 2.05) is 0 Å². The Kier molecular flexibility index (Phi) is 6.14. The van der Waals surface area contributed by atoms with E-state index in [-0.39, 0.29) is 12.6 Å². The summed E-state index contributed by atoms with van der Waals surface area (Å²) in [6.07, 6.45) is -1.37. The molecule has 1 aromatic heterocycles. The number of allylic oxidation sites excluding steroid dienone is 4. The van der Waals surface area contributed by atoms with Crippen molar-refractivity contribution in [3.05, 3.63) is 63.6 Å². The standard InChI is InChI=1S/C20H21F3N4O3/c1-13(14-8-6-9-16(11-14)20(21,22)23)25-30-12-15-7-4-5-10-17(15)27-18(29-3)24-26(2)19(27)28/h4-5,7,9-11H,6,8,12H2,1-3H3/b25-13-. The van der Waals surface area contributed by atoms with Crippen molar-refractivity contribution in [2.24, 2.45) is 12.2 Å². The molecule has 0 bridgehead atoms. The Bertz CT molecular complexity index is 1080. The molecule has 0 aliphatic heterocycles. The smallest absolute Gasteiger partial charge is 0.416 e. The fourth-order valence-corrected chi connectivity index (χ4v) is 3.07. The molecular formula is C20H21F3N4O3. The Morgan fingerprint density at radius 3 is 2.73 bits per heavy atom. The van der Waals surface area contributed by atoms with Crippen molar-refractivity contribution in [2.45, 2.75) is 32.5 Å².